The summed E-state index contributed by atoms with van der Waals surface area (Å²) in [5.41, 5.74) is 15.8. The number of anilines is 2. The minimum Gasteiger partial charge on any atom is -0.398 e. The van der Waals surface area contributed by atoms with Gasteiger partial charge in [-0.3, -0.25) is 0 Å². The van der Waals surface area contributed by atoms with Crippen molar-refractivity contribution in [3.8, 4) is 0 Å². The molecular weight excluding hydrogens is 252 g/mol. The molecule has 0 heterocycles. The molecule has 2 aromatic rings. The lowest BCUT2D eigenvalue weighted by molar-refractivity contribution is 1.35. The molecule has 0 saturated carbocycles. The van der Waals surface area contributed by atoms with E-state index in [-0.39, 0.29) is 0 Å². The first-order valence-electron chi connectivity index (χ1n) is 4.76. The lowest BCUT2D eigenvalue weighted by Crippen LogP contribution is -1.98. The van der Waals surface area contributed by atoms with Gasteiger partial charge in [0.1, 0.15) is 0 Å². The number of nitrogens with two attached hydrogens (primary N) is 2. The van der Waals surface area contributed by atoms with Gasteiger partial charge in [-0.25, -0.2) is 0 Å². The lowest BCUT2D eigenvalue weighted by atomic mass is 9.99. The van der Waals surface area contributed by atoms with Crippen LogP contribution in [0, 0.1) is 13.8 Å². The van der Waals surface area contributed by atoms with E-state index in [1.807, 2.05) is 25.1 Å². The quantitative estimate of drug-likeness (QED) is 0.717. The summed E-state index contributed by atoms with van der Waals surface area (Å²) in [5.74, 6) is 0. The third kappa shape index (κ3) is 1.38. The monoisotopic (exact) mass is 264 g/mol. The Morgan fingerprint density at radius 2 is 1.73 bits per heavy atom. The molecule has 0 bridgehead atoms. The van der Waals surface area contributed by atoms with Crippen LogP contribution in [0.15, 0.2) is 22.7 Å². The molecule has 78 valence electrons. The molecule has 15 heavy (non-hydrogen) atoms. The second-order valence-electron chi connectivity index (χ2n) is 3.75. The molecule has 4 N–H and O–H groups in total. The molecule has 3 heteroatoms. The van der Waals surface area contributed by atoms with Crippen molar-refractivity contribution >= 4 is 38.1 Å². The molecule has 0 atom stereocenters. The molecule has 0 saturated heterocycles. The standard InChI is InChI=1S/C12H13BrN2/c1-6-7(2)12(15)10-8(11(6)13)4-3-5-9(10)14/h3-5H,14-15H2,1-2H3. The summed E-state index contributed by atoms with van der Waals surface area (Å²) in [7, 11) is 0. The highest BCUT2D eigenvalue weighted by Gasteiger charge is 2.11. The van der Waals surface area contributed by atoms with Crippen molar-refractivity contribution < 1.29 is 0 Å². The SMILES string of the molecule is Cc1c(C)c(N)c2c(N)cccc2c1Br. The van der Waals surface area contributed by atoms with Crippen molar-refractivity contribution in [2.75, 3.05) is 11.5 Å². The first-order valence-corrected chi connectivity index (χ1v) is 5.55. The van der Waals surface area contributed by atoms with Crippen LogP contribution in [0.5, 0.6) is 0 Å². The Morgan fingerprint density at radius 1 is 1.07 bits per heavy atom. The van der Waals surface area contributed by atoms with Crippen LogP contribution >= 0.6 is 15.9 Å². The average molecular weight is 265 g/mol. The van der Waals surface area contributed by atoms with E-state index < -0.39 is 0 Å². The van der Waals surface area contributed by atoms with Crippen molar-refractivity contribution in [3.05, 3.63) is 33.8 Å². The topological polar surface area (TPSA) is 52.0 Å². The second kappa shape index (κ2) is 3.42. The van der Waals surface area contributed by atoms with Crippen LogP contribution < -0.4 is 11.5 Å². The number of benzene rings is 2. The van der Waals surface area contributed by atoms with E-state index in [1.165, 1.54) is 5.56 Å². The Balaban J connectivity index is 3.08. The van der Waals surface area contributed by atoms with E-state index in [9.17, 15) is 0 Å². The summed E-state index contributed by atoms with van der Waals surface area (Å²) in [6.07, 6.45) is 0. The Kier molecular flexibility index (Phi) is 2.35. The van der Waals surface area contributed by atoms with Gasteiger partial charge in [0.15, 0.2) is 0 Å². The smallest absolute Gasteiger partial charge is 0.0447 e. The largest absolute Gasteiger partial charge is 0.398 e. The zero-order chi connectivity index (χ0) is 11.2. The van der Waals surface area contributed by atoms with Crippen LogP contribution in [0.4, 0.5) is 11.4 Å². The van der Waals surface area contributed by atoms with Crippen LogP contribution in [0.2, 0.25) is 0 Å². The normalized spacial score (nSPS) is 10.9. The van der Waals surface area contributed by atoms with E-state index in [4.69, 9.17) is 11.5 Å². The van der Waals surface area contributed by atoms with Crippen molar-refractivity contribution in [2.45, 2.75) is 13.8 Å². The Labute approximate surface area is 97.4 Å². The minimum absolute atomic E-state index is 0.730. The Hall–Kier alpha value is -1.22. The Bertz CT molecular complexity index is 547. The maximum atomic E-state index is 6.09. The number of fused-ring (bicyclic) bond motifs is 1. The highest BCUT2D eigenvalue weighted by atomic mass is 79.9. The first kappa shape index (κ1) is 10.3. The molecule has 0 aliphatic rings. The third-order valence-electron chi connectivity index (χ3n) is 2.90. The van der Waals surface area contributed by atoms with Gasteiger partial charge in [0, 0.05) is 26.6 Å². The fourth-order valence-corrected chi connectivity index (χ4v) is 2.44. The average Bonchev–Trinajstić information content (AvgIpc) is 2.23. The van der Waals surface area contributed by atoms with Crippen molar-refractivity contribution in [1.29, 1.82) is 0 Å². The van der Waals surface area contributed by atoms with Crippen LogP contribution in [-0.4, -0.2) is 0 Å². The van der Waals surface area contributed by atoms with Gasteiger partial charge in [0.2, 0.25) is 0 Å². The molecule has 0 aliphatic heterocycles. The van der Waals surface area contributed by atoms with E-state index >= 15 is 0 Å². The predicted octanol–water partition coefficient (Wildman–Crippen LogP) is 3.38. The van der Waals surface area contributed by atoms with Gasteiger partial charge in [0.25, 0.3) is 0 Å². The fraction of sp³-hybridized carbons (Fsp3) is 0.167. The molecule has 0 aliphatic carbocycles. The van der Waals surface area contributed by atoms with E-state index in [0.717, 1.165) is 32.2 Å². The molecule has 0 aromatic heterocycles. The molecule has 0 radical (unpaired) electrons. The Morgan fingerprint density at radius 3 is 2.40 bits per heavy atom. The second-order valence-corrected chi connectivity index (χ2v) is 4.54. The highest BCUT2D eigenvalue weighted by molar-refractivity contribution is 9.10. The zero-order valence-electron chi connectivity index (χ0n) is 8.76. The molecule has 0 unspecified atom stereocenters. The van der Waals surface area contributed by atoms with Crippen LogP contribution in [0.1, 0.15) is 11.1 Å². The van der Waals surface area contributed by atoms with Gasteiger partial charge in [-0.05, 0) is 47.0 Å². The third-order valence-corrected chi connectivity index (χ3v) is 3.92. The summed E-state index contributed by atoms with van der Waals surface area (Å²) < 4.78 is 1.08. The number of hydrogen-bond donors (Lipinski definition) is 2. The van der Waals surface area contributed by atoms with Gasteiger partial charge in [-0.1, -0.05) is 12.1 Å². The number of nitrogen functional groups attached to an aromatic ring is 2. The molecule has 2 rings (SSSR count). The van der Waals surface area contributed by atoms with E-state index in [2.05, 4.69) is 22.9 Å². The molecule has 2 aromatic carbocycles. The summed E-state index contributed by atoms with van der Waals surface area (Å²) in [5, 5.41) is 2.03. The van der Waals surface area contributed by atoms with Crippen LogP contribution in [0.25, 0.3) is 10.8 Å². The zero-order valence-corrected chi connectivity index (χ0v) is 10.4. The van der Waals surface area contributed by atoms with Gasteiger partial charge in [-0.15, -0.1) is 0 Å². The maximum Gasteiger partial charge on any atom is 0.0447 e. The highest BCUT2D eigenvalue weighted by Crippen LogP contribution is 2.37. The summed E-state index contributed by atoms with van der Waals surface area (Å²) in [4.78, 5) is 0. The molecule has 0 amide bonds. The number of hydrogen-bond acceptors (Lipinski definition) is 2. The summed E-state index contributed by atoms with van der Waals surface area (Å²) in [6, 6.07) is 5.84. The van der Waals surface area contributed by atoms with Crippen LogP contribution in [-0.2, 0) is 0 Å². The molecule has 0 spiro atoms. The maximum absolute atomic E-state index is 6.09. The van der Waals surface area contributed by atoms with Gasteiger partial charge >= 0.3 is 0 Å². The van der Waals surface area contributed by atoms with E-state index in [0.29, 0.717) is 0 Å². The van der Waals surface area contributed by atoms with Crippen molar-refractivity contribution in [3.63, 3.8) is 0 Å². The number of halogens is 1. The van der Waals surface area contributed by atoms with Gasteiger partial charge < -0.3 is 11.5 Å². The van der Waals surface area contributed by atoms with Crippen molar-refractivity contribution in [2.24, 2.45) is 0 Å². The first-order chi connectivity index (χ1) is 7.04. The predicted molar refractivity (Wildman–Crippen MR) is 69.9 cm³/mol. The van der Waals surface area contributed by atoms with Crippen LogP contribution in [0.3, 0.4) is 0 Å². The van der Waals surface area contributed by atoms with E-state index in [1.54, 1.807) is 0 Å². The minimum atomic E-state index is 0.730. The van der Waals surface area contributed by atoms with Gasteiger partial charge in [-0.2, -0.15) is 0 Å². The molecule has 0 fully saturated rings. The van der Waals surface area contributed by atoms with Gasteiger partial charge in [0.05, 0.1) is 0 Å². The van der Waals surface area contributed by atoms with Crippen molar-refractivity contribution in [1.82, 2.24) is 0 Å². The fourth-order valence-electron chi connectivity index (χ4n) is 1.81. The lowest BCUT2D eigenvalue weighted by Gasteiger charge is -2.13. The summed E-state index contributed by atoms with van der Waals surface area (Å²) in [6.45, 7) is 4.07. The number of rotatable bonds is 0. The molecular formula is C12H13BrN2. The molecule has 2 nitrogen and oxygen atoms in total. The summed E-state index contributed by atoms with van der Waals surface area (Å²) >= 11 is 3.59.